The number of H-pyrrole nitrogens is 1. The van der Waals surface area contributed by atoms with Crippen LogP contribution in [0, 0.1) is 5.82 Å². The predicted molar refractivity (Wildman–Crippen MR) is 96.7 cm³/mol. The molecular formula is C18H16FN3O3S. The van der Waals surface area contributed by atoms with E-state index < -0.39 is 21.2 Å². The van der Waals surface area contributed by atoms with Gasteiger partial charge < -0.3 is 5.73 Å². The molecule has 134 valence electrons. The average molecular weight is 373 g/mol. The van der Waals surface area contributed by atoms with Crippen molar-refractivity contribution in [2.75, 3.05) is 6.26 Å². The molecule has 0 aliphatic rings. The van der Waals surface area contributed by atoms with Crippen LogP contribution >= 0.6 is 0 Å². The van der Waals surface area contributed by atoms with Crippen LogP contribution in [0.5, 0.6) is 0 Å². The predicted octanol–water partition coefficient (Wildman–Crippen LogP) is 2.11. The first-order chi connectivity index (χ1) is 12.3. The second-order valence-electron chi connectivity index (χ2n) is 5.79. The fourth-order valence-electron chi connectivity index (χ4n) is 2.67. The first-order valence-electron chi connectivity index (χ1n) is 7.68. The van der Waals surface area contributed by atoms with Gasteiger partial charge in [0.25, 0.3) is 5.56 Å². The van der Waals surface area contributed by atoms with Gasteiger partial charge in [0, 0.05) is 23.9 Å². The number of benzene rings is 2. The molecular weight excluding hydrogens is 357 g/mol. The van der Waals surface area contributed by atoms with Crippen LogP contribution in [0.3, 0.4) is 0 Å². The summed E-state index contributed by atoms with van der Waals surface area (Å²) in [5.41, 5.74) is 7.32. The molecule has 3 rings (SSSR count). The first kappa shape index (κ1) is 18.0. The molecule has 0 bridgehead atoms. The lowest BCUT2D eigenvalue weighted by atomic mass is 9.96. The van der Waals surface area contributed by atoms with Crippen LogP contribution in [-0.4, -0.2) is 24.9 Å². The fraction of sp³-hybridized carbons (Fsp3) is 0.111. The Bertz CT molecular complexity index is 1120. The number of halogens is 1. The van der Waals surface area contributed by atoms with E-state index in [0.29, 0.717) is 22.3 Å². The summed E-state index contributed by atoms with van der Waals surface area (Å²) in [7, 11) is -3.33. The molecule has 0 amide bonds. The Morgan fingerprint density at radius 1 is 1.12 bits per heavy atom. The molecule has 6 nitrogen and oxygen atoms in total. The average Bonchev–Trinajstić information content (AvgIpc) is 2.61. The van der Waals surface area contributed by atoms with Crippen molar-refractivity contribution < 1.29 is 12.8 Å². The van der Waals surface area contributed by atoms with Crippen LogP contribution in [-0.2, 0) is 16.4 Å². The molecule has 8 heteroatoms. The standard InChI is InChI=1S/C18H16FN3O3S/c1-26(24,25)14-5-2-11(3-6-14)15-10-21-22-18(23)17(15)12-4-7-16(19)13(8-12)9-20/h2-8,10H,9,20H2,1H3,(H,22,23). The quantitative estimate of drug-likeness (QED) is 0.728. The minimum absolute atomic E-state index is 0.00104. The second-order valence-corrected chi connectivity index (χ2v) is 7.81. The number of hydrogen-bond donors (Lipinski definition) is 2. The SMILES string of the molecule is CS(=O)(=O)c1ccc(-c2cn[nH]c(=O)c2-c2ccc(F)c(CN)c2)cc1. The second kappa shape index (κ2) is 6.81. The number of nitrogens with one attached hydrogen (secondary N) is 1. The van der Waals surface area contributed by atoms with Gasteiger partial charge in [-0.05, 0) is 35.4 Å². The number of nitrogens with two attached hydrogens (primary N) is 1. The molecule has 0 aliphatic carbocycles. The minimum atomic E-state index is -3.33. The van der Waals surface area contributed by atoms with Crippen LogP contribution in [0.2, 0.25) is 0 Å². The number of nitrogens with zero attached hydrogens (tertiary/aromatic N) is 1. The van der Waals surface area contributed by atoms with Crippen molar-refractivity contribution >= 4 is 9.84 Å². The van der Waals surface area contributed by atoms with Gasteiger partial charge in [0.05, 0.1) is 16.7 Å². The zero-order valence-electron chi connectivity index (χ0n) is 13.9. The fourth-order valence-corrected chi connectivity index (χ4v) is 3.30. The Morgan fingerprint density at radius 3 is 2.38 bits per heavy atom. The van der Waals surface area contributed by atoms with Gasteiger partial charge in [-0.1, -0.05) is 18.2 Å². The molecule has 0 aliphatic heterocycles. The van der Waals surface area contributed by atoms with Crippen LogP contribution in [0.4, 0.5) is 4.39 Å². The minimum Gasteiger partial charge on any atom is -0.326 e. The van der Waals surface area contributed by atoms with Gasteiger partial charge >= 0.3 is 0 Å². The number of hydrogen-bond acceptors (Lipinski definition) is 5. The molecule has 0 spiro atoms. The van der Waals surface area contributed by atoms with Crippen molar-refractivity contribution in [2.45, 2.75) is 11.4 Å². The van der Waals surface area contributed by atoms with Crippen molar-refractivity contribution in [3.05, 3.63) is 70.4 Å². The highest BCUT2D eigenvalue weighted by Crippen LogP contribution is 2.30. The highest BCUT2D eigenvalue weighted by molar-refractivity contribution is 7.90. The zero-order chi connectivity index (χ0) is 18.9. The van der Waals surface area contributed by atoms with Gasteiger partial charge in [-0.3, -0.25) is 4.79 Å². The first-order valence-corrected chi connectivity index (χ1v) is 9.57. The molecule has 3 N–H and O–H groups in total. The molecule has 0 saturated heterocycles. The van der Waals surface area contributed by atoms with E-state index in [1.54, 1.807) is 12.1 Å². The van der Waals surface area contributed by atoms with Gasteiger partial charge in [0.15, 0.2) is 9.84 Å². The summed E-state index contributed by atoms with van der Waals surface area (Å²) >= 11 is 0. The van der Waals surface area contributed by atoms with Gasteiger partial charge in [-0.25, -0.2) is 17.9 Å². The molecule has 0 unspecified atom stereocenters. The van der Waals surface area contributed by atoms with Gasteiger partial charge in [-0.2, -0.15) is 5.10 Å². The highest BCUT2D eigenvalue weighted by atomic mass is 32.2. The van der Waals surface area contributed by atoms with Crippen LogP contribution in [0.15, 0.2) is 58.4 Å². The Labute approximate surface area is 149 Å². The van der Waals surface area contributed by atoms with Crippen LogP contribution < -0.4 is 11.3 Å². The molecule has 1 heterocycles. The summed E-state index contributed by atoms with van der Waals surface area (Å²) in [6, 6.07) is 10.4. The van der Waals surface area contributed by atoms with Crippen molar-refractivity contribution in [3.8, 4) is 22.3 Å². The third kappa shape index (κ3) is 3.42. The Hall–Kier alpha value is -2.84. The largest absolute Gasteiger partial charge is 0.326 e. The maximum absolute atomic E-state index is 13.7. The molecule has 0 saturated carbocycles. The monoisotopic (exact) mass is 373 g/mol. The summed E-state index contributed by atoms with van der Waals surface area (Å²) in [5, 5.41) is 6.19. The van der Waals surface area contributed by atoms with Gasteiger partial charge in [0.1, 0.15) is 5.82 Å². The lowest BCUT2D eigenvalue weighted by Crippen LogP contribution is -2.12. The van der Waals surface area contributed by atoms with Crippen molar-refractivity contribution in [3.63, 3.8) is 0 Å². The highest BCUT2D eigenvalue weighted by Gasteiger charge is 2.15. The van der Waals surface area contributed by atoms with E-state index in [9.17, 15) is 17.6 Å². The van der Waals surface area contributed by atoms with Crippen LogP contribution in [0.1, 0.15) is 5.56 Å². The third-order valence-corrected chi connectivity index (χ3v) is 5.13. The summed E-state index contributed by atoms with van der Waals surface area (Å²) in [4.78, 5) is 12.6. The lowest BCUT2D eigenvalue weighted by molar-refractivity contribution is 0.602. The van der Waals surface area contributed by atoms with E-state index in [-0.39, 0.29) is 17.0 Å². The number of aromatic nitrogens is 2. The molecule has 3 aromatic rings. The lowest BCUT2D eigenvalue weighted by Gasteiger charge is -2.10. The summed E-state index contributed by atoms with van der Waals surface area (Å²) in [6.45, 7) is 0.00104. The molecule has 2 aromatic carbocycles. The molecule has 1 aromatic heterocycles. The van der Waals surface area contributed by atoms with Crippen LogP contribution in [0.25, 0.3) is 22.3 Å². The third-order valence-electron chi connectivity index (χ3n) is 4.00. The van der Waals surface area contributed by atoms with E-state index in [1.807, 2.05) is 0 Å². The van der Waals surface area contributed by atoms with E-state index in [1.165, 1.54) is 36.5 Å². The number of rotatable bonds is 4. The number of sulfone groups is 1. The van der Waals surface area contributed by atoms with Gasteiger partial charge in [0.2, 0.25) is 0 Å². The zero-order valence-corrected chi connectivity index (χ0v) is 14.7. The smallest absolute Gasteiger partial charge is 0.272 e. The van der Waals surface area contributed by atoms with E-state index in [0.717, 1.165) is 6.26 Å². The molecule has 26 heavy (non-hydrogen) atoms. The van der Waals surface area contributed by atoms with E-state index in [2.05, 4.69) is 10.2 Å². The van der Waals surface area contributed by atoms with Gasteiger partial charge in [-0.15, -0.1) is 0 Å². The van der Waals surface area contributed by atoms with Crippen molar-refractivity contribution in [1.82, 2.24) is 10.2 Å². The van der Waals surface area contributed by atoms with Crippen molar-refractivity contribution in [1.29, 1.82) is 0 Å². The maximum Gasteiger partial charge on any atom is 0.272 e. The molecule has 0 atom stereocenters. The number of aromatic amines is 1. The molecule has 0 radical (unpaired) electrons. The Morgan fingerprint density at radius 2 is 1.77 bits per heavy atom. The summed E-state index contributed by atoms with van der Waals surface area (Å²) in [6.07, 6.45) is 2.59. The Kier molecular flexibility index (Phi) is 4.71. The summed E-state index contributed by atoms with van der Waals surface area (Å²) < 4.78 is 37.0. The summed E-state index contributed by atoms with van der Waals surface area (Å²) in [5.74, 6) is -0.444. The van der Waals surface area contributed by atoms with E-state index >= 15 is 0 Å². The van der Waals surface area contributed by atoms with E-state index in [4.69, 9.17) is 5.73 Å². The topological polar surface area (TPSA) is 106 Å². The van der Waals surface area contributed by atoms with Crippen molar-refractivity contribution in [2.24, 2.45) is 5.73 Å². The molecule has 0 fully saturated rings. The normalized spacial score (nSPS) is 11.5. The Balaban J connectivity index is 2.19. The maximum atomic E-state index is 13.7.